The van der Waals surface area contributed by atoms with E-state index in [4.69, 9.17) is 10.5 Å². The third-order valence-electron chi connectivity index (χ3n) is 2.02. The summed E-state index contributed by atoms with van der Waals surface area (Å²) < 4.78 is 9.85. The van der Waals surface area contributed by atoms with Crippen LogP contribution in [0.1, 0.15) is 36.1 Å². The lowest BCUT2D eigenvalue weighted by molar-refractivity contribution is 0.0597. The van der Waals surface area contributed by atoms with Crippen molar-refractivity contribution in [2.24, 2.45) is 0 Å². The third kappa shape index (κ3) is 2.66. The topological polar surface area (TPSA) is 87.3 Å². The minimum Gasteiger partial charge on any atom is -0.465 e. The molecule has 1 unspecified atom stereocenters. The van der Waals surface area contributed by atoms with Crippen LogP contribution >= 0.6 is 0 Å². The molecular formula is C10H15N3O3. The van der Waals surface area contributed by atoms with E-state index in [0.717, 1.165) is 0 Å². The molecule has 1 aromatic rings. The molecule has 0 aromatic carbocycles. The van der Waals surface area contributed by atoms with Crippen LogP contribution in [-0.2, 0) is 9.47 Å². The molecule has 0 radical (unpaired) electrons. The molecule has 0 aliphatic heterocycles. The van der Waals surface area contributed by atoms with Crippen molar-refractivity contribution in [1.82, 2.24) is 9.97 Å². The highest BCUT2D eigenvalue weighted by Crippen LogP contribution is 2.15. The van der Waals surface area contributed by atoms with Crippen molar-refractivity contribution in [3.05, 3.63) is 17.6 Å². The van der Waals surface area contributed by atoms with Crippen molar-refractivity contribution in [2.45, 2.75) is 20.0 Å². The molecule has 88 valence electrons. The molecule has 16 heavy (non-hydrogen) atoms. The molecule has 6 heteroatoms. The second-order valence-electron chi connectivity index (χ2n) is 3.12. The van der Waals surface area contributed by atoms with Crippen LogP contribution in [0, 0.1) is 0 Å². The van der Waals surface area contributed by atoms with Gasteiger partial charge in [0.05, 0.1) is 7.11 Å². The quantitative estimate of drug-likeness (QED) is 0.767. The van der Waals surface area contributed by atoms with E-state index in [-0.39, 0.29) is 17.5 Å². The van der Waals surface area contributed by atoms with Crippen molar-refractivity contribution in [3.8, 4) is 0 Å². The number of nitrogens with zero attached hydrogens (tertiary/aromatic N) is 2. The Morgan fingerprint density at radius 2 is 2.31 bits per heavy atom. The largest absolute Gasteiger partial charge is 0.465 e. The molecule has 0 aliphatic carbocycles. The van der Waals surface area contributed by atoms with Gasteiger partial charge >= 0.3 is 5.97 Å². The van der Waals surface area contributed by atoms with Gasteiger partial charge in [0.25, 0.3) is 0 Å². The highest BCUT2D eigenvalue weighted by molar-refractivity contribution is 5.93. The van der Waals surface area contributed by atoms with E-state index in [1.165, 1.54) is 13.3 Å². The molecule has 0 fully saturated rings. The number of nitrogens with two attached hydrogens (primary N) is 1. The van der Waals surface area contributed by atoms with E-state index in [1.54, 1.807) is 0 Å². The fourth-order valence-electron chi connectivity index (χ4n) is 1.20. The number of methoxy groups -OCH3 is 1. The van der Waals surface area contributed by atoms with Crippen molar-refractivity contribution in [1.29, 1.82) is 0 Å². The Morgan fingerprint density at radius 3 is 2.81 bits per heavy atom. The summed E-state index contributed by atoms with van der Waals surface area (Å²) in [5.41, 5.74) is 5.79. The molecule has 1 rings (SSSR count). The normalized spacial score (nSPS) is 12.2. The van der Waals surface area contributed by atoms with Gasteiger partial charge in [-0.15, -0.1) is 0 Å². The number of hydrogen-bond acceptors (Lipinski definition) is 6. The predicted octanol–water partition coefficient (Wildman–Crippen LogP) is 0.943. The molecule has 0 amide bonds. The van der Waals surface area contributed by atoms with Crippen LogP contribution in [0.2, 0.25) is 0 Å². The van der Waals surface area contributed by atoms with E-state index in [0.29, 0.717) is 12.4 Å². The molecule has 0 bridgehead atoms. The van der Waals surface area contributed by atoms with Gasteiger partial charge in [-0.05, 0) is 13.8 Å². The highest BCUT2D eigenvalue weighted by atomic mass is 16.5. The molecule has 2 N–H and O–H groups in total. The average molecular weight is 225 g/mol. The second kappa shape index (κ2) is 5.41. The Labute approximate surface area is 93.8 Å². The monoisotopic (exact) mass is 225 g/mol. The van der Waals surface area contributed by atoms with Crippen LogP contribution in [0.15, 0.2) is 6.20 Å². The van der Waals surface area contributed by atoms with E-state index < -0.39 is 5.97 Å². The molecule has 0 spiro atoms. The van der Waals surface area contributed by atoms with Crippen LogP contribution in [0.3, 0.4) is 0 Å². The lowest BCUT2D eigenvalue weighted by Gasteiger charge is -2.11. The predicted molar refractivity (Wildman–Crippen MR) is 57.8 cm³/mol. The first kappa shape index (κ1) is 12.4. The number of carbonyl (C=O) groups is 1. The number of esters is 1. The molecule has 0 saturated heterocycles. The van der Waals surface area contributed by atoms with Crippen LogP contribution in [0.25, 0.3) is 0 Å². The number of hydrogen-bond donors (Lipinski definition) is 1. The Kier molecular flexibility index (Phi) is 4.19. The summed E-state index contributed by atoms with van der Waals surface area (Å²) in [6.45, 7) is 4.25. The fraction of sp³-hybridized carbons (Fsp3) is 0.500. The molecule has 0 saturated carbocycles. The molecule has 1 heterocycles. The number of carbonyl (C=O) groups excluding carboxylic acids is 1. The van der Waals surface area contributed by atoms with Crippen molar-refractivity contribution >= 4 is 11.8 Å². The summed E-state index contributed by atoms with van der Waals surface area (Å²) in [6.07, 6.45) is 1.10. The van der Waals surface area contributed by atoms with Crippen LogP contribution < -0.4 is 5.73 Å². The van der Waals surface area contributed by atoms with Gasteiger partial charge in [-0.1, -0.05) is 0 Å². The van der Waals surface area contributed by atoms with Gasteiger partial charge in [0.1, 0.15) is 17.5 Å². The summed E-state index contributed by atoms with van der Waals surface area (Å²) in [5.74, 6) is 0.00326. The van der Waals surface area contributed by atoms with Gasteiger partial charge in [-0.3, -0.25) is 0 Å². The summed E-state index contributed by atoms with van der Waals surface area (Å²) in [6, 6.07) is 0. The number of nitrogen functional groups attached to an aromatic ring is 1. The minimum absolute atomic E-state index is 0.100. The van der Waals surface area contributed by atoms with Gasteiger partial charge in [0, 0.05) is 12.8 Å². The van der Waals surface area contributed by atoms with Gasteiger partial charge < -0.3 is 15.2 Å². The van der Waals surface area contributed by atoms with Crippen LogP contribution in [0.5, 0.6) is 0 Å². The molecule has 1 aromatic heterocycles. The number of ether oxygens (including phenoxy) is 2. The lowest BCUT2D eigenvalue weighted by atomic mass is 10.3. The standard InChI is InChI=1S/C10H15N3O3/c1-4-16-6(2)9-12-5-7(8(11)13-9)10(14)15-3/h5-6H,4H2,1-3H3,(H2,11,12,13). The van der Waals surface area contributed by atoms with Crippen molar-refractivity contribution in [2.75, 3.05) is 19.5 Å². The van der Waals surface area contributed by atoms with E-state index >= 15 is 0 Å². The third-order valence-corrected chi connectivity index (χ3v) is 2.02. The first-order valence-electron chi connectivity index (χ1n) is 4.92. The highest BCUT2D eigenvalue weighted by Gasteiger charge is 2.15. The van der Waals surface area contributed by atoms with Gasteiger partial charge in [0.2, 0.25) is 0 Å². The number of rotatable bonds is 4. The zero-order valence-corrected chi connectivity index (χ0v) is 9.56. The minimum atomic E-state index is -0.548. The first-order chi connectivity index (χ1) is 7.60. The van der Waals surface area contributed by atoms with E-state index in [9.17, 15) is 4.79 Å². The van der Waals surface area contributed by atoms with Gasteiger partial charge in [0.15, 0.2) is 5.82 Å². The first-order valence-corrected chi connectivity index (χ1v) is 4.92. The molecule has 0 aliphatic rings. The molecular weight excluding hydrogens is 210 g/mol. The Bertz CT molecular complexity index is 382. The van der Waals surface area contributed by atoms with E-state index in [1.807, 2.05) is 13.8 Å². The van der Waals surface area contributed by atoms with Gasteiger partial charge in [-0.2, -0.15) is 0 Å². The fourth-order valence-corrected chi connectivity index (χ4v) is 1.20. The lowest BCUT2D eigenvalue weighted by Crippen LogP contribution is -2.12. The summed E-state index contributed by atoms with van der Waals surface area (Å²) >= 11 is 0. The summed E-state index contributed by atoms with van der Waals surface area (Å²) in [4.78, 5) is 19.2. The Balaban J connectivity index is 2.94. The van der Waals surface area contributed by atoms with Crippen molar-refractivity contribution in [3.63, 3.8) is 0 Å². The average Bonchev–Trinajstić information content (AvgIpc) is 2.28. The maximum Gasteiger partial charge on any atom is 0.343 e. The Hall–Kier alpha value is -1.69. The smallest absolute Gasteiger partial charge is 0.343 e. The molecule has 1 atom stereocenters. The molecule has 6 nitrogen and oxygen atoms in total. The van der Waals surface area contributed by atoms with Gasteiger partial charge in [-0.25, -0.2) is 14.8 Å². The maximum atomic E-state index is 11.2. The van der Waals surface area contributed by atoms with Crippen LogP contribution in [0.4, 0.5) is 5.82 Å². The zero-order valence-electron chi connectivity index (χ0n) is 9.56. The summed E-state index contributed by atoms with van der Waals surface area (Å²) in [5, 5.41) is 0. The van der Waals surface area contributed by atoms with Crippen molar-refractivity contribution < 1.29 is 14.3 Å². The SMILES string of the molecule is CCOC(C)c1ncc(C(=O)OC)c(N)n1. The second-order valence-corrected chi connectivity index (χ2v) is 3.12. The summed E-state index contributed by atoms with van der Waals surface area (Å²) in [7, 11) is 1.28. The van der Waals surface area contributed by atoms with Crippen LogP contribution in [-0.4, -0.2) is 29.7 Å². The van der Waals surface area contributed by atoms with E-state index in [2.05, 4.69) is 14.7 Å². The number of anilines is 1. The Morgan fingerprint density at radius 1 is 1.62 bits per heavy atom. The maximum absolute atomic E-state index is 11.2. The zero-order chi connectivity index (χ0) is 12.1. The number of aromatic nitrogens is 2.